The summed E-state index contributed by atoms with van der Waals surface area (Å²) in [6.07, 6.45) is 0.484. The summed E-state index contributed by atoms with van der Waals surface area (Å²) in [6, 6.07) is 12.1. The third-order valence-electron chi connectivity index (χ3n) is 3.48. The number of hydrogen-bond donors (Lipinski definition) is 1. The molecular weight excluding hydrogens is 309 g/mol. The molecule has 21 heavy (non-hydrogen) atoms. The number of para-hydroxylation sites is 1. The predicted molar refractivity (Wildman–Crippen MR) is 84.7 cm³/mol. The van der Waals surface area contributed by atoms with Crippen LogP contribution in [-0.2, 0) is 6.42 Å². The lowest BCUT2D eigenvalue weighted by molar-refractivity contribution is 0.184. The highest BCUT2D eigenvalue weighted by atomic mass is 35.5. The molecule has 2 atom stereocenters. The first kappa shape index (κ1) is 14.7. The van der Waals surface area contributed by atoms with Crippen molar-refractivity contribution in [2.75, 3.05) is 5.75 Å². The lowest BCUT2D eigenvalue weighted by Crippen LogP contribution is -2.43. The fraction of sp³-hybridized carbons (Fsp3) is 0.250. The van der Waals surface area contributed by atoms with Crippen LogP contribution in [0.5, 0.6) is 5.75 Å². The van der Waals surface area contributed by atoms with Gasteiger partial charge >= 0.3 is 0 Å². The Morgan fingerprint density at radius 2 is 2.14 bits per heavy atom. The SMILES string of the molecule is NC(Cc1ccc(F)cc1Cl)C1CSc2ccccc2O1. The average Bonchev–Trinajstić information content (AvgIpc) is 2.49. The Labute approximate surface area is 132 Å². The number of ether oxygens (including phenoxy) is 1. The van der Waals surface area contributed by atoms with Gasteiger partial charge in [0.2, 0.25) is 0 Å². The molecule has 0 spiro atoms. The molecule has 0 saturated heterocycles. The number of rotatable bonds is 3. The molecule has 5 heteroatoms. The van der Waals surface area contributed by atoms with Gasteiger partial charge in [-0.25, -0.2) is 4.39 Å². The van der Waals surface area contributed by atoms with Gasteiger partial charge in [-0.2, -0.15) is 0 Å². The van der Waals surface area contributed by atoms with Crippen molar-refractivity contribution in [2.24, 2.45) is 5.73 Å². The zero-order valence-corrected chi connectivity index (χ0v) is 12.8. The molecule has 0 fully saturated rings. The van der Waals surface area contributed by atoms with Crippen LogP contribution in [0.2, 0.25) is 5.02 Å². The summed E-state index contributed by atoms with van der Waals surface area (Å²) in [4.78, 5) is 1.14. The Morgan fingerprint density at radius 1 is 1.33 bits per heavy atom. The zero-order valence-electron chi connectivity index (χ0n) is 11.3. The fourth-order valence-corrected chi connectivity index (χ4v) is 3.66. The molecule has 2 aromatic carbocycles. The first-order chi connectivity index (χ1) is 10.1. The topological polar surface area (TPSA) is 35.2 Å². The summed E-state index contributed by atoms with van der Waals surface area (Å²) >= 11 is 7.80. The lowest BCUT2D eigenvalue weighted by atomic mass is 10.0. The Morgan fingerprint density at radius 3 is 2.95 bits per heavy atom. The second kappa shape index (κ2) is 6.26. The smallest absolute Gasteiger partial charge is 0.133 e. The quantitative estimate of drug-likeness (QED) is 0.930. The van der Waals surface area contributed by atoms with E-state index in [4.69, 9.17) is 22.1 Å². The molecule has 1 aliphatic heterocycles. The number of nitrogens with two attached hydrogens (primary N) is 1. The number of benzene rings is 2. The van der Waals surface area contributed by atoms with Gasteiger partial charge in [0, 0.05) is 21.7 Å². The highest BCUT2D eigenvalue weighted by Crippen LogP contribution is 2.36. The van der Waals surface area contributed by atoms with Gasteiger partial charge < -0.3 is 10.5 Å². The van der Waals surface area contributed by atoms with Crippen molar-refractivity contribution >= 4 is 23.4 Å². The summed E-state index contributed by atoms with van der Waals surface area (Å²) in [5.74, 6) is 1.34. The second-order valence-electron chi connectivity index (χ2n) is 5.02. The Balaban J connectivity index is 1.70. The fourth-order valence-electron chi connectivity index (χ4n) is 2.32. The van der Waals surface area contributed by atoms with E-state index >= 15 is 0 Å². The van der Waals surface area contributed by atoms with Gasteiger partial charge in [-0.05, 0) is 36.2 Å². The maximum Gasteiger partial charge on any atom is 0.133 e. The first-order valence-electron chi connectivity index (χ1n) is 6.71. The maximum absolute atomic E-state index is 13.1. The molecular formula is C16H15ClFNOS. The standard InChI is InChI=1S/C16H15ClFNOS/c17-12-8-11(18)6-5-10(12)7-13(19)15-9-21-16-4-2-1-3-14(16)20-15/h1-6,8,13,15H,7,9,19H2. The van der Waals surface area contributed by atoms with Gasteiger partial charge in [0.05, 0.1) is 0 Å². The molecule has 2 aromatic rings. The van der Waals surface area contributed by atoms with E-state index in [1.807, 2.05) is 24.3 Å². The molecule has 0 aromatic heterocycles. The van der Waals surface area contributed by atoms with E-state index < -0.39 is 0 Å². The molecule has 0 bridgehead atoms. The second-order valence-corrected chi connectivity index (χ2v) is 6.49. The van der Waals surface area contributed by atoms with E-state index in [0.29, 0.717) is 11.4 Å². The highest BCUT2D eigenvalue weighted by molar-refractivity contribution is 7.99. The van der Waals surface area contributed by atoms with Gasteiger partial charge in [0.25, 0.3) is 0 Å². The Hall–Kier alpha value is -1.23. The van der Waals surface area contributed by atoms with E-state index in [1.165, 1.54) is 12.1 Å². The number of halogens is 2. The van der Waals surface area contributed by atoms with Crippen LogP contribution in [0.15, 0.2) is 47.4 Å². The minimum Gasteiger partial charge on any atom is -0.487 e. The first-order valence-corrected chi connectivity index (χ1v) is 8.08. The Kier molecular flexibility index (Phi) is 4.38. The minimum absolute atomic E-state index is 0.0778. The third kappa shape index (κ3) is 3.34. The Bertz CT molecular complexity index is 652. The van der Waals surface area contributed by atoms with E-state index in [2.05, 4.69) is 0 Å². The molecule has 2 nitrogen and oxygen atoms in total. The number of hydrogen-bond acceptors (Lipinski definition) is 3. The monoisotopic (exact) mass is 323 g/mol. The minimum atomic E-state index is -0.337. The molecule has 1 aliphatic rings. The maximum atomic E-state index is 13.1. The summed E-state index contributed by atoms with van der Waals surface area (Å²) in [5.41, 5.74) is 7.10. The van der Waals surface area contributed by atoms with Crippen molar-refractivity contribution in [3.05, 3.63) is 58.9 Å². The molecule has 110 valence electrons. The van der Waals surface area contributed by atoms with Gasteiger partial charge in [-0.15, -0.1) is 11.8 Å². The van der Waals surface area contributed by atoms with E-state index in [-0.39, 0.29) is 18.0 Å². The van der Waals surface area contributed by atoms with Gasteiger partial charge in [-0.1, -0.05) is 29.8 Å². The van der Waals surface area contributed by atoms with Crippen LogP contribution in [0.1, 0.15) is 5.56 Å². The number of thioether (sulfide) groups is 1. The van der Waals surface area contributed by atoms with E-state index in [9.17, 15) is 4.39 Å². The molecule has 1 heterocycles. The highest BCUT2D eigenvalue weighted by Gasteiger charge is 2.26. The lowest BCUT2D eigenvalue weighted by Gasteiger charge is -2.30. The van der Waals surface area contributed by atoms with Crippen LogP contribution < -0.4 is 10.5 Å². The molecule has 0 saturated carbocycles. The molecule has 0 radical (unpaired) electrons. The zero-order chi connectivity index (χ0) is 14.8. The van der Waals surface area contributed by atoms with Crippen LogP contribution in [0.4, 0.5) is 4.39 Å². The summed E-state index contributed by atoms with van der Waals surface area (Å²) < 4.78 is 19.0. The van der Waals surface area contributed by atoms with Crippen molar-refractivity contribution in [3.63, 3.8) is 0 Å². The van der Waals surface area contributed by atoms with Crippen molar-refractivity contribution < 1.29 is 9.13 Å². The molecule has 3 rings (SSSR count). The van der Waals surface area contributed by atoms with Crippen molar-refractivity contribution in [1.29, 1.82) is 0 Å². The largest absolute Gasteiger partial charge is 0.487 e. The summed E-state index contributed by atoms with van der Waals surface area (Å²) in [5, 5.41) is 0.411. The predicted octanol–water partition coefficient (Wildman–Crippen LogP) is 3.90. The van der Waals surface area contributed by atoms with E-state index in [0.717, 1.165) is 22.0 Å². The van der Waals surface area contributed by atoms with Gasteiger partial charge in [-0.3, -0.25) is 0 Å². The molecule has 2 unspecified atom stereocenters. The van der Waals surface area contributed by atoms with Crippen LogP contribution >= 0.6 is 23.4 Å². The number of fused-ring (bicyclic) bond motifs is 1. The van der Waals surface area contributed by atoms with Crippen molar-refractivity contribution in [1.82, 2.24) is 0 Å². The average molecular weight is 324 g/mol. The van der Waals surface area contributed by atoms with Crippen LogP contribution in [-0.4, -0.2) is 17.9 Å². The van der Waals surface area contributed by atoms with Crippen LogP contribution in [0.25, 0.3) is 0 Å². The normalized spacial score (nSPS) is 18.7. The van der Waals surface area contributed by atoms with Gasteiger partial charge in [0.15, 0.2) is 0 Å². The summed E-state index contributed by atoms with van der Waals surface area (Å²) in [7, 11) is 0. The molecule has 0 amide bonds. The van der Waals surface area contributed by atoms with Crippen molar-refractivity contribution in [2.45, 2.75) is 23.5 Å². The van der Waals surface area contributed by atoms with Gasteiger partial charge in [0.1, 0.15) is 17.7 Å². The molecule has 2 N–H and O–H groups in total. The van der Waals surface area contributed by atoms with Crippen LogP contribution in [0.3, 0.4) is 0 Å². The molecule has 0 aliphatic carbocycles. The summed E-state index contributed by atoms with van der Waals surface area (Å²) in [6.45, 7) is 0. The van der Waals surface area contributed by atoms with Crippen molar-refractivity contribution in [3.8, 4) is 5.75 Å². The third-order valence-corrected chi connectivity index (χ3v) is 4.97. The van der Waals surface area contributed by atoms with Crippen LogP contribution in [0, 0.1) is 5.82 Å². The van der Waals surface area contributed by atoms with E-state index in [1.54, 1.807) is 17.8 Å².